The molecule has 102 valence electrons. The summed E-state index contributed by atoms with van der Waals surface area (Å²) in [5.74, 6) is 0.156. The smallest absolute Gasteiger partial charge is 0.150 e. The molecule has 1 aromatic carbocycles. The Morgan fingerprint density at radius 2 is 1.94 bits per heavy atom. The number of benzene rings is 1. The first-order valence-electron chi connectivity index (χ1n) is 5.50. The number of ether oxygens (including phenoxy) is 2. The molecule has 0 aliphatic carbocycles. The fourth-order valence-corrected chi connectivity index (χ4v) is 2.25. The molecule has 6 heteroatoms. The van der Waals surface area contributed by atoms with Crippen LogP contribution < -0.4 is 4.74 Å². The van der Waals surface area contributed by atoms with Gasteiger partial charge < -0.3 is 14.6 Å². The lowest BCUT2D eigenvalue weighted by atomic mass is 10.1. The lowest BCUT2D eigenvalue weighted by Gasteiger charge is -2.15. The highest BCUT2D eigenvalue weighted by atomic mass is 32.2. The maximum atomic E-state index is 11.2. The summed E-state index contributed by atoms with van der Waals surface area (Å²) in [6.07, 6.45) is 0.00341. The zero-order chi connectivity index (χ0) is 13.6. The highest BCUT2D eigenvalue weighted by molar-refractivity contribution is 7.90. The summed E-state index contributed by atoms with van der Waals surface area (Å²) >= 11 is 0. The molecule has 0 fully saturated rings. The molecule has 0 aliphatic rings. The van der Waals surface area contributed by atoms with Gasteiger partial charge in [-0.2, -0.15) is 0 Å². The molecule has 0 aromatic heterocycles. The van der Waals surface area contributed by atoms with Crippen molar-refractivity contribution >= 4 is 9.84 Å². The third-order valence-corrected chi connectivity index (χ3v) is 3.20. The van der Waals surface area contributed by atoms with E-state index in [-0.39, 0.29) is 5.75 Å². The molecule has 1 N–H and O–H groups in total. The average molecular weight is 274 g/mol. The van der Waals surface area contributed by atoms with E-state index in [4.69, 9.17) is 9.47 Å². The van der Waals surface area contributed by atoms with Crippen LogP contribution in [0.5, 0.6) is 5.75 Å². The highest BCUT2D eigenvalue weighted by Crippen LogP contribution is 2.25. The zero-order valence-corrected chi connectivity index (χ0v) is 11.3. The quantitative estimate of drug-likeness (QED) is 0.744. The molecule has 0 aliphatic heterocycles. The van der Waals surface area contributed by atoms with Crippen LogP contribution in [0.25, 0.3) is 0 Å². The van der Waals surface area contributed by atoms with Crippen molar-refractivity contribution in [2.45, 2.75) is 6.10 Å². The van der Waals surface area contributed by atoms with Gasteiger partial charge in [-0.3, -0.25) is 0 Å². The Morgan fingerprint density at radius 1 is 1.28 bits per heavy atom. The van der Waals surface area contributed by atoms with E-state index in [1.165, 1.54) is 0 Å². The Labute approximate surface area is 107 Å². The first kappa shape index (κ1) is 14.9. The molecule has 1 aromatic rings. The van der Waals surface area contributed by atoms with E-state index in [0.717, 1.165) is 6.26 Å². The molecule has 0 saturated heterocycles. The largest absolute Gasteiger partial charge is 0.491 e. The third-order valence-electron chi connectivity index (χ3n) is 2.28. The molecule has 0 amide bonds. The van der Waals surface area contributed by atoms with E-state index >= 15 is 0 Å². The van der Waals surface area contributed by atoms with Crippen LogP contribution in [0.3, 0.4) is 0 Å². The molecule has 0 heterocycles. The minimum Gasteiger partial charge on any atom is -0.491 e. The maximum absolute atomic E-state index is 11.2. The van der Waals surface area contributed by atoms with E-state index in [2.05, 4.69) is 0 Å². The molecule has 0 spiro atoms. The Morgan fingerprint density at radius 3 is 2.56 bits per heavy atom. The van der Waals surface area contributed by atoms with Crippen molar-refractivity contribution in [2.24, 2.45) is 0 Å². The van der Waals surface area contributed by atoms with Gasteiger partial charge in [-0.1, -0.05) is 18.2 Å². The molecule has 18 heavy (non-hydrogen) atoms. The van der Waals surface area contributed by atoms with Gasteiger partial charge in [0.2, 0.25) is 0 Å². The van der Waals surface area contributed by atoms with E-state index in [0.29, 0.717) is 24.5 Å². The molecule has 0 radical (unpaired) electrons. The van der Waals surface area contributed by atoms with Gasteiger partial charge in [-0.05, 0) is 6.07 Å². The first-order chi connectivity index (χ1) is 8.44. The normalized spacial score (nSPS) is 13.3. The van der Waals surface area contributed by atoms with Crippen LogP contribution >= 0.6 is 0 Å². The van der Waals surface area contributed by atoms with Crippen molar-refractivity contribution in [1.29, 1.82) is 0 Å². The summed E-state index contributed by atoms with van der Waals surface area (Å²) in [4.78, 5) is 0. The third kappa shape index (κ3) is 5.03. The molecule has 1 atom stereocenters. The van der Waals surface area contributed by atoms with Crippen LogP contribution in [-0.4, -0.2) is 45.9 Å². The van der Waals surface area contributed by atoms with Crippen molar-refractivity contribution in [2.75, 3.05) is 32.3 Å². The molecule has 1 unspecified atom stereocenters. The second kappa shape index (κ2) is 6.72. The number of aliphatic hydroxyl groups excluding tert-OH is 1. The van der Waals surface area contributed by atoms with Gasteiger partial charge >= 0.3 is 0 Å². The van der Waals surface area contributed by atoms with Gasteiger partial charge in [0.05, 0.1) is 18.5 Å². The van der Waals surface area contributed by atoms with Crippen molar-refractivity contribution in [3.05, 3.63) is 29.8 Å². The van der Waals surface area contributed by atoms with Gasteiger partial charge in [0.1, 0.15) is 22.2 Å². The van der Waals surface area contributed by atoms with Gasteiger partial charge in [-0.15, -0.1) is 0 Å². The molecular weight excluding hydrogens is 256 g/mol. The summed E-state index contributed by atoms with van der Waals surface area (Å²) in [6.45, 7) is 0.773. The standard InChI is InChI=1S/C12H18O5S/c1-16-7-8-17-12-6-4-3-5-10(12)11(13)9-18(2,14)15/h3-6,11,13H,7-9H2,1-2H3. The van der Waals surface area contributed by atoms with Crippen molar-refractivity contribution < 1.29 is 23.0 Å². The average Bonchev–Trinajstić information content (AvgIpc) is 2.27. The number of rotatable bonds is 7. The zero-order valence-electron chi connectivity index (χ0n) is 10.5. The molecular formula is C12H18O5S. The number of hydrogen-bond acceptors (Lipinski definition) is 5. The summed E-state index contributed by atoms with van der Waals surface area (Å²) in [5, 5.41) is 9.90. The Kier molecular flexibility index (Phi) is 5.58. The van der Waals surface area contributed by atoms with E-state index in [1.54, 1.807) is 31.4 Å². The molecule has 5 nitrogen and oxygen atoms in total. The Bertz CT molecular complexity index is 469. The van der Waals surface area contributed by atoms with Crippen LogP contribution in [0.2, 0.25) is 0 Å². The van der Waals surface area contributed by atoms with Gasteiger partial charge in [0.15, 0.2) is 0 Å². The maximum Gasteiger partial charge on any atom is 0.150 e. The predicted octanol–water partition coefficient (Wildman–Crippen LogP) is 0.790. The lowest BCUT2D eigenvalue weighted by molar-refractivity contribution is 0.141. The summed E-state index contributed by atoms with van der Waals surface area (Å²) in [5.41, 5.74) is 0.471. The SMILES string of the molecule is COCCOc1ccccc1C(O)CS(C)(=O)=O. The Balaban J connectivity index is 2.80. The van der Waals surface area contributed by atoms with Gasteiger partial charge in [-0.25, -0.2) is 8.42 Å². The number of para-hydroxylation sites is 1. The molecule has 1 rings (SSSR count). The summed E-state index contributed by atoms with van der Waals surface area (Å²) < 4.78 is 32.6. The van der Waals surface area contributed by atoms with Crippen molar-refractivity contribution in [1.82, 2.24) is 0 Å². The predicted molar refractivity (Wildman–Crippen MR) is 68.5 cm³/mol. The summed E-state index contributed by atoms with van der Waals surface area (Å²) in [7, 11) is -1.68. The Hall–Kier alpha value is -1.11. The first-order valence-corrected chi connectivity index (χ1v) is 7.56. The lowest BCUT2D eigenvalue weighted by Crippen LogP contribution is -2.14. The fourth-order valence-electron chi connectivity index (χ4n) is 1.50. The van der Waals surface area contributed by atoms with Gasteiger partial charge in [0.25, 0.3) is 0 Å². The number of hydrogen-bond donors (Lipinski definition) is 1. The number of aliphatic hydroxyl groups is 1. The van der Waals surface area contributed by atoms with Crippen LogP contribution in [0.4, 0.5) is 0 Å². The molecule has 0 bridgehead atoms. The minimum atomic E-state index is -3.24. The van der Waals surface area contributed by atoms with Gasteiger partial charge in [0, 0.05) is 18.9 Å². The van der Waals surface area contributed by atoms with Crippen molar-refractivity contribution in [3.63, 3.8) is 0 Å². The van der Waals surface area contributed by atoms with E-state index in [1.807, 2.05) is 0 Å². The van der Waals surface area contributed by atoms with E-state index in [9.17, 15) is 13.5 Å². The fraction of sp³-hybridized carbons (Fsp3) is 0.500. The number of methoxy groups -OCH3 is 1. The highest BCUT2D eigenvalue weighted by Gasteiger charge is 2.18. The van der Waals surface area contributed by atoms with Crippen LogP contribution in [-0.2, 0) is 14.6 Å². The second-order valence-electron chi connectivity index (χ2n) is 3.99. The monoisotopic (exact) mass is 274 g/mol. The van der Waals surface area contributed by atoms with Crippen LogP contribution in [0.1, 0.15) is 11.7 Å². The minimum absolute atomic E-state index is 0.322. The topological polar surface area (TPSA) is 72.8 Å². The van der Waals surface area contributed by atoms with E-state index < -0.39 is 15.9 Å². The number of sulfone groups is 1. The van der Waals surface area contributed by atoms with Crippen LogP contribution in [0.15, 0.2) is 24.3 Å². The van der Waals surface area contributed by atoms with Crippen LogP contribution in [0, 0.1) is 0 Å². The summed E-state index contributed by atoms with van der Waals surface area (Å²) in [6, 6.07) is 6.83. The van der Waals surface area contributed by atoms with Crippen molar-refractivity contribution in [3.8, 4) is 5.75 Å². The molecule has 0 saturated carbocycles. The second-order valence-corrected chi connectivity index (χ2v) is 6.17.